The average Bonchev–Trinajstić information content (AvgIpc) is 3.77. The van der Waals surface area contributed by atoms with Crippen LogP contribution in [0.15, 0.2) is 173 Å². The third-order valence-electron chi connectivity index (χ3n) is 9.37. The quantitative estimate of drug-likeness (QED) is 0.187. The molecule has 0 bridgehead atoms. The monoisotopic (exact) mass is 641 g/mol. The molecule has 0 unspecified atom stereocenters. The first kappa shape index (κ1) is 28.2. The molecule has 0 saturated carbocycles. The van der Waals surface area contributed by atoms with Crippen LogP contribution in [-0.4, -0.2) is 15.0 Å². The normalized spacial score (nSPS) is 11.6. The maximum Gasteiger partial charge on any atom is 0.164 e. The second kappa shape index (κ2) is 11.4. The van der Waals surface area contributed by atoms with Gasteiger partial charge in [-0.05, 0) is 41.0 Å². The fourth-order valence-electron chi connectivity index (χ4n) is 6.94. The number of aromatic nitrogens is 3. The Balaban J connectivity index is 1.11. The number of fused-ring (bicyclic) bond motifs is 6. The highest BCUT2D eigenvalue weighted by atomic mass is 16.3. The zero-order valence-electron chi connectivity index (χ0n) is 26.7. The Morgan fingerprint density at radius 1 is 0.320 bits per heavy atom. The SMILES string of the molecule is c1ccc(-c2ccc(-c3nc(-c4ccccc4)nc(-c4ccc5c(c4)oc4cccc(-c6cccc7c6oc6ccccc67)c45)n3)cc2)cc1. The summed E-state index contributed by atoms with van der Waals surface area (Å²) in [4.78, 5) is 14.9. The van der Waals surface area contributed by atoms with E-state index >= 15 is 0 Å². The molecule has 3 aromatic heterocycles. The largest absolute Gasteiger partial charge is 0.456 e. The van der Waals surface area contributed by atoms with Gasteiger partial charge in [-0.25, -0.2) is 15.0 Å². The summed E-state index contributed by atoms with van der Waals surface area (Å²) >= 11 is 0. The van der Waals surface area contributed by atoms with Gasteiger partial charge in [0.25, 0.3) is 0 Å². The molecule has 234 valence electrons. The summed E-state index contributed by atoms with van der Waals surface area (Å²) in [5, 5.41) is 4.26. The molecule has 0 atom stereocenters. The van der Waals surface area contributed by atoms with Crippen LogP contribution in [0, 0.1) is 0 Å². The maximum atomic E-state index is 6.53. The van der Waals surface area contributed by atoms with E-state index < -0.39 is 0 Å². The topological polar surface area (TPSA) is 65.0 Å². The van der Waals surface area contributed by atoms with Crippen molar-refractivity contribution in [3.8, 4) is 56.4 Å². The van der Waals surface area contributed by atoms with Crippen molar-refractivity contribution < 1.29 is 8.83 Å². The highest BCUT2D eigenvalue weighted by molar-refractivity contribution is 6.17. The van der Waals surface area contributed by atoms with Gasteiger partial charge in [0.1, 0.15) is 22.3 Å². The molecule has 5 heteroatoms. The van der Waals surface area contributed by atoms with Gasteiger partial charge in [0, 0.05) is 43.8 Å². The van der Waals surface area contributed by atoms with Crippen molar-refractivity contribution in [2.45, 2.75) is 0 Å². The van der Waals surface area contributed by atoms with E-state index in [1.807, 2.05) is 72.8 Å². The molecule has 0 saturated heterocycles. The predicted molar refractivity (Wildman–Crippen MR) is 202 cm³/mol. The van der Waals surface area contributed by atoms with E-state index in [4.69, 9.17) is 23.8 Å². The number of furan rings is 2. The lowest BCUT2D eigenvalue weighted by molar-refractivity contribution is 0.669. The molecule has 0 spiro atoms. The summed E-state index contributed by atoms with van der Waals surface area (Å²) < 4.78 is 13.0. The Morgan fingerprint density at radius 2 is 0.860 bits per heavy atom. The van der Waals surface area contributed by atoms with Crippen molar-refractivity contribution >= 4 is 43.9 Å². The van der Waals surface area contributed by atoms with Crippen LogP contribution in [0.2, 0.25) is 0 Å². The van der Waals surface area contributed by atoms with Gasteiger partial charge in [-0.1, -0.05) is 140 Å². The maximum absolute atomic E-state index is 6.53. The molecule has 10 rings (SSSR count). The van der Waals surface area contributed by atoms with E-state index in [0.717, 1.165) is 82.8 Å². The molecule has 5 nitrogen and oxygen atoms in total. The smallest absolute Gasteiger partial charge is 0.164 e. The molecule has 7 aromatic carbocycles. The molecule has 10 aromatic rings. The van der Waals surface area contributed by atoms with Gasteiger partial charge in [-0.2, -0.15) is 0 Å². The highest BCUT2D eigenvalue weighted by Gasteiger charge is 2.19. The van der Waals surface area contributed by atoms with E-state index in [-0.39, 0.29) is 0 Å². The third kappa shape index (κ3) is 4.67. The molecule has 0 N–H and O–H groups in total. The van der Waals surface area contributed by atoms with Crippen molar-refractivity contribution in [3.05, 3.63) is 164 Å². The molecular formula is C45H27N3O2. The minimum atomic E-state index is 0.579. The number of benzene rings is 7. The summed E-state index contributed by atoms with van der Waals surface area (Å²) in [5.41, 5.74) is 10.4. The minimum Gasteiger partial charge on any atom is -0.456 e. The van der Waals surface area contributed by atoms with Gasteiger partial charge >= 0.3 is 0 Å². The number of hydrogen-bond donors (Lipinski definition) is 0. The van der Waals surface area contributed by atoms with Gasteiger partial charge in [-0.3, -0.25) is 0 Å². The number of rotatable bonds is 5. The molecule has 0 aliphatic carbocycles. The van der Waals surface area contributed by atoms with Crippen molar-refractivity contribution in [1.82, 2.24) is 15.0 Å². The van der Waals surface area contributed by atoms with Gasteiger partial charge in [-0.15, -0.1) is 0 Å². The Kier molecular flexibility index (Phi) is 6.42. The first-order valence-corrected chi connectivity index (χ1v) is 16.6. The fraction of sp³-hybridized carbons (Fsp3) is 0. The Labute approximate surface area is 287 Å². The molecule has 0 aliphatic heterocycles. The lowest BCUT2D eigenvalue weighted by atomic mass is 9.97. The van der Waals surface area contributed by atoms with Gasteiger partial charge in [0.05, 0.1) is 0 Å². The van der Waals surface area contributed by atoms with E-state index in [1.54, 1.807) is 0 Å². The first-order chi connectivity index (χ1) is 24.8. The van der Waals surface area contributed by atoms with Crippen molar-refractivity contribution in [1.29, 1.82) is 0 Å². The molecule has 3 heterocycles. The first-order valence-electron chi connectivity index (χ1n) is 16.6. The van der Waals surface area contributed by atoms with E-state index in [0.29, 0.717) is 17.5 Å². The zero-order chi connectivity index (χ0) is 33.0. The summed E-state index contributed by atoms with van der Waals surface area (Å²) in [5.74, 6) is 1.80. The highest BCUT2D eigenvalue weighted by Crippen LogP contribution is 2.42. The van der Waals surface area contributed by atoms with Gasteiger partial charge < -0.3 is 8.83 Å². The summed E-state index contributed by atoms with van der Waals surface area (Å²) in [7, 11) is 0. The zero-order valence-corrected chi connectivity index (χ0v) is 26.7. The van der Waals surface area contributed by atoms with Crippen LogP contribution in [0.1, 0.15) is 0 Å². The van der Waals surface area contributed by atoms with Crippen LogP contribution >= 0.6 is 0 Å². The van der Waals surface area contributed by atoms with Crippen LogP contribution in [0.5, 0.6) is 0 Å². The molecule has 50 heavy (non-hydrogen) atoms. The fourth-order valence-corrected chi connectivity index (χ4v) is 6.94. The molecule has 0 radical (unpaired) electrons. The Hall–Kier alpha value is -6.85. The predicted octanol–water partition coefficient (Wildman–Crippen LogP) is 12.0. The third-order valence-corrected chi connectivity index (χ3v) is 9.37. The van der Waals surface area contributed by atoms with Crippen LogP contribution in [0.3, 0.4) is 0 Å². The Morgan fingerprint density at radius 3 is 1.64 bits per heavy atom. The van der Waals surface area contributed by atoms with Crippen molar-refractivity contribution in [2.75, 3.05) is 0 Å². The second-order valence-electron chi connectivity index (χ2n) is 12.4. The average molecular weight is 642 g/mol. The standard InChI is InChI=1S/C45H27N3O2/c1-3-11-28(12-4-1)29-21-23-31(24-22-29)44-46-43(30-13-5-2-6-14-30)47-45(48-44)32-25-26-37-40(27-32)49-39-20-10-16-34(41(37)39)36-18-9-17-35-33-15-7-8-19-38(33)50-42(35)36/h1-27H. The molecule has 0 amide bonds. The molecule has 0 fully saturated rings. The number of hydrogen-bond acceptors (Lipinski definition) is 5. The second-order valence-corrected chi connectivity index (χ2v) is 12.4. The molecule has 0 aliphatic rings. The number of nitrogens with zero attached hydrogens (tertiary/aromatic N) is 3. The molecular weight excluding hydrogens is 615 g/mol. The van der Waals surface area contributed by atoms with E-state index in [1.165, 1.54) is 0 Å². The number of para-hydroxylation sites is 2. The van der Waals surface area contributed by atoms with Crippen LogP contribution in [-0.2, 0) is 0 Å². The summed E-state index contributed by atoms with van der Waals surface area (Å²) in [6, 6.07) is 55.7. The van der Waals surface area contributed by atoms with E-state index in [2.05, 4.69) is 91.0 Å². The van der Waals surface area contributed by atoms with Crippen LogP contribution < -0.4 is 0 Å². The van der Waals surface area contributed by atoms with Gasteiger partial charge in [0.2, 0.25) is 0 Å². The summed E-state index contributed by atoms with van der Waals surface area (Å²) in [6.07, 6.45) is 0. The minimum absolute atomic E-state index is 0.579. The van der Waals surface area contributed by atoms with E-state index in [9.17, 15) is 0 Å². The van der Waals surface area contributed by atoms with Crippen molar-refractivity contribution in [2.24, 2.45) is 0 Å². The van der Waals surface area contributed by atoms with Crippen LogP contribution in [0.25, 0.3) is 100 Å². The van der Waals surface area contributed by atoms with Crippen LogP contribution in [0.4, 0.5) is 0 Å². The lowest BCUT2D eigenvalue weighted by Gasteiger charge is -2.09. The lowest BCUT2D eigenvalue weighted by Crippen LogP contribution is -2.00. The van der Waals surface area contributed by atoms with Gasteiger partial charge in [0.15, 0.2) is 17.5 Å². The van der Waals surface area contributed by atoms with Crippen molar-refractivity contribution in [3.63, 3.8) is 0 Å². The Bertz CT molecular complexity index is 2850. The summed E-state index contributed by atoms with van der Waals surface area (Å²) in [6.45, 7) is 0.